The average molecular weight is 1120 g/mol. The molecule has 3 unspecified atom stereocenters. The van der Waals surface area contributed by atoms with E-state index in [9.17, 15) is 28.9 Å². The van der Waals surface area contributed by atoms with Gasteiger partial charge in [0.05, 0.1) is 19.8 Å². The zero-order valence-electron chi connectivity index (χ0n) is 50.6. The van der Waals surface area contributed by atoms with Crippen LogP contribution in [0, 0.1) is 0 Å². The van der Waals surface area contributed by atoms with E-state index in [4.69, 9.17) is 23.3 Å². The van der Waals surface area contributed by atoms with Crippen LogP contribution >= 0.6 is 7.82 Å². The van der Waals surface area contributed by atoms with Crippen LogP contribution < -0.4 is 0 Å². The fourth-order valence-corrected chi connectivity index (χ4v) is 10.1. The Balaban J connectivity index is 4.67. The lowest BCUT2D eigenvalue weighted by atomic mass is 10.0. The predicted octanol–water partition coefficient (Wildman–Crippen LogP) is 19.7. The van der Waals surface area contributed by atoms with Crippen LogP contribution in [0.2, 0.25) is 0 Å². The molecule has 456 valence electrons. The number of hydrogen-bond acceptors (Lipinski definition) is 10. The summed E-state index contributed by atoms with van der Waals surface area (Å²) < 4.78 is 39.7. The minimum atomic E-state index is -4.76. The number of hydrogen-bond donors (Lipinski definition) is 2. The first-order valence-electron chi connectivity index (χ1n) is 32.5. The van der Waals surface area contributed by atoms with Crippen molar-refractivity contribution in [1.82, 2.24) is 0 Å². The number of unbranched alkanes of at least 4 members (excludes halogenated alkanes) is 36. The van der Waals surface area contributed by atoms with E-state index >= 15 is 0 Å². The van der Waals surface area contributed by atoms with Gasteiger partial charge in [-0.2, -0.15) is 0 Å². The van der Waals surface area contributed by atoms with Gasteiger partial charge in [-0.3, -0.25) is 23.4 Å². The van der Waals surface area contributed by atoms with Crippen molar-refractivity contribution >= 4 is 25.7 Å². The molecule has 0 fully saturated rings. The Morgan fingerprint density at radius 3 is 1.03 bits per heavy atom. The van der Waals surface area contributed by atoms with Gasteiger partial charge in [-0.05, 0) is 57.8 Å². The quantitative estimate of drug-likeness (QED) is 0.0197. The predicted molar refractivity (Wildman–Crippen MR) is 325 cm³/mol. The molecule has 0 aromatic rings. The third-order valence-corrected chi connectivity index (χ3v) is 15.2. The highest BCUT2D eigenvalue weighted by Gasteiger charge is 2.28. The molecule has 3 atom stereocenters. The third kappa shape index (κ3) is 58.1. The monoisotopic (exact) mass is 1120 g/mol. The number of ether oxygens (including phenoxy) is 3. The summed E-state index contributed by atoms with van der Waals surface area (Å²) >= 11 is 0. The molecule has 0 radical (unpaired) electrons. The van der Waals surface area contributed by atoms with Crippen molar-refractivity contribution in [3.63, 3.8) is 0 Å². The Morgan fingerprint density at radius 2 is 0.667 bits per heavy atom. The molecule has 0 aliphatic rings. The number of carbonyl (C=O) groups excluding carboxylic acids is 3. The molecule has 0 aromatic heterocycles. The minimum Gasteiger partial charge on any atom is -0.462 e. The van der Waals surface area contributed by atoms with E-state index in [0.717, 1.165) is 77.0 Å². The van der Waals surface area contributed by atoms with E-state index in [0.29, 0.717) is 19.3 Å². The Hall–Kier alpha value is -2.56. The van der Waals surface area contributed by atoms with Gasteiger partial charge < -0.3 is 24.2 Å². The molecular formula is C66H121O11P. The molecule has 0 aliphatic heterocycles. The van der Waals surface area contributed by atoms with Crippen LogP contribution in [-0.2, 0) is 42.2 Å². The molecule has 11 nitrogen and oxygen atoms in total. The van der Waals surface area contributed by atoms with Crippen LogP contribution in [0.1, 0.15) is 316 Å². The first-order chi connectivity index (χ1) is 38.2. The molecule has 0 rings (SSSR count). The number of aliphatic hydroxyl groups excluding tert-OH is 1. The Kier molecular flexibility index (Phi) is 58.5. The zero-order valence-corrected chi connectivity index (χ0v) is 51.5. The lowest BCUT2D eigenvalue weighted by molar-refractivity contribution is -0.161. The molecule has 0 spiro atoms. The number of aliphatic hydroxyl groups is 1. The van der Waals surface area contributed by atoms with Crippen LogP contribution in [0.15, 0.2) is 48.6 Å². The van der Waals surface area contributed by atoms with Gasteiger partial charge in [0, 0.05) is 19.3 Å². The number of rotatable bonds is 61. The van der Waals surface area contributed by atoms with Crippen molar-refractivity contribution in [1.29, 1.82) is 0 Å². The van der Waals surface area contributed by atoms with Crippen LogP contribution in [0.5, 0.6) is 0 Å². The Labute approximate surface area is 479 Å². The van der Waals surface area contributed by atoms with Crippen molar-refractivity contribution in [2.75, 3.05) is 26.4 Å². The minimum absolute atomic E-state index is 0.164. The third-order valence-electron chi connectivity index (χ3n) is 14.3. The molecule has 2 N–H and O–H groups in total. The number of allylic oxidation sites excluding steroid dienone is 8. The van der Waals surface area contributed by atoms with Gasteiger partial charge in [0.15, 0.2) is 6.10 Å². The van der Waals surface area contributed by atoms with Gasteiger partial charge in [0.1, 0.15) is 12.7 Å². The molecule has 12 heteroatoms. The van der Waals surface area contributed by atoms with E-state index < -0.39 is 57.8 Å². The van der Waals surface area contributed by atoms with E-state index in [1.54, 1.807) is 0 Å². The standard InChI is InChI=1S/C66H121O11P/c1-4-7-10-13-16-19-22-25-28-30-31-33-36-39-42-45-48-51-54-57-66(70)77-63(59-73-64(68)55-52-49-46-43-40-37-34-27-24-21-18-15-12-9-6-3)61-75-78(71,72)74-60-62(58-67)76-65(69)56-53-50-47-44-41-38-35-32-29-26-23-20-17-14-11-8-5-2/h9,12,18,21,27,34,40,43,62-63,67H,4-8,10-11,13-17,19-20,22-26,28-33,35-39,41-42,44-61H2,1-3H3,(H,71,72)/b12-9-,21-18-,34-27-,43-40-. The summed E-state index contributed by atoms with van der Waals surface area (Å²) in [7, 11) is -4.76. The van der Waals surface area contributed by atoms with E-state index in [-0.39, 0.29) is 25.9 Å². The molecule has 0 saturated heterocycles. The Morgan fingerprint density at radius 1 is 0.372 bits per heavy atom. The highest BCUT2D eigenvalue weighted by atomic mass is 31.2. The molecule has 0 aromatic carbocycles. The molecule has 0 amide bonds. The van der Waals surface area contributed by atoms with Gasteiger partial charge in [-0.15, -0.1) is 0 Å². The highest BCUT2D eigenvalue weighted by molar-refractivity contribution is 7.47. The lowest BCUT2D eigenvalue weighted by Gasteiger charge is -2.21. The molecule has 0 bridgehead atoms. The van der Waals surface area contributed by atoms with Crippen molar-refractivity contribution in [3.8, 4) is 0 Å². The first kappa shape index (κ1) is 75.4. The summed E-state index contributed by atoms with van der Waals surface area (Å²) in [4.78, 5) is 48.7. The zero-order chi connectivity index (χ0) is 56.9. The van der Waals surface area contributed by atoms with Crippen molar-refractivity contribution < 1.29 is 52.2 Å². The van der Waals surface area contributed by atoms with Gasteiger partial charge in [0.25, 0.3) is 0 Å². The molecule has 0 heterocycles. The lowest BCUT2D eigenvalue weighted by Crippen LogP contribution is -2.30. The maximum Gasteiger partial charge on any atom is 0.472 e. The van der Waals surface area contributed by atoms with Crippen molar-refractivity contribution in [2.24, 2.45) is 0 Å². The van der Waals surface area contributed by atoms with Gasteiger partial charge >= 0.3 is 25.7 Å². The van der Waals surface area contributed by atoms with Crippen LogP contribution in [0.25, 0.3) is 0 Å². The normalized spacial score (nSPS) is 13.6. The van der Waals surface area contributed by atoms with E-state index in [2.05, 4.69) is 69.4 Å². The molecule has 78 heavy (non-hydrogen) atoms. The molecule has 0 aliphatic carbocycles. The second kappa shape index (κ2) is 60.5. The average Bonchev–Trinajstić information content (AvgIpc) is 3.43. The summed E-state index contributed by atoms with van der Waals surface area (Å²) in [6.45, 7) is 4.56. The van der Waals surface area contributed by atoms with E-state index in [1.807, 2.05) is 0 Å². The number of phosphoric acid groups is 1. The summed E-state index contributed by atoms with van der Waals surface area (Å²) in [5, 5.41) is 9.85. The second-order valence-corrected chi connectivity index (χ2v) is 23.4. The van der Waals surface area contributed by atoms with Crippen LogP contribution in [0.3, 0.4) is 0 Å². The van der Waals surface area contributed by atoms with Gasteiger partial charge in [-0.25, -0.2) is 4.57 Å². The second-order valence-electron chi connectivity index (χ2n) is 21.9. The van der Waals surface area contributed by atoms with Crippen molar-refractivity contribution in [3.05, 3.63) is 48.6 Å². The van der Waals surface area contributed by atoms with Crippen molar-refractivity contribution in [2.45, 2.75) is 328 Å². The SMILES string of the molecule is CC/C=C\C/C=C\C/C=C\C/C=C\CCCCC(=O)OCC(COP(=O)(O)OCC(CO)OC(=O)CCCCCCCCCCCCCCCCCCC)OC(=O)CCCCCCCCCCCCCCCCCCCCC. The van der Waals surface area contributed by atoms with Gasteiger partial charge in [-0.1, -0.05) is 288 Å². The Bertz CT molecular complexity index is 1490. The maximum absolute atomic E-state index is 13.0. The summed E-state index contributed by atoms with van der Waals surface area (Å²) in [6, 6.07) is 0. The smallest absolute Gasteiger partial charge is 0.462 e. The first-order valence-corrected chi connectivity index (χ1v) is 34.0. The largest absolute Gasteiger partial charge is 0.472 e. The number of carbonyl (C=O) groups is 3. The molecular weight excluding hydrogens is 1000 g/mol. The molecule has 0 saturated carbocycles. The highest BCUT2D eigenvalue weighted by Crippen LogP contribution is 2.43. The summed E-state index contributed by atoms with van der Waals surface area (Å²) in [6.07, 6.45) is 66.4. The summed E-state index contributed by atoms with van der Waals surface area (Å²) in [5.41, 5.74) is 0. The van der Waals surface area contributed by atoms with Crippen LogP contribution in [-0.4, -0.2) is 66.5 Å². The fourth-order valence-electron chi connectivity index (χ4n) is 9.35. The number of phosphoric ester groups is 1. The van der Waals surface area contributed by atoms with Crippen LogP contribution in [0.4, 0.5) is 0 Å². The fraction of sp³-hybridized carbons (Fsp3) is 0.833. The van der Waals surface area contributed by atoms with Gasteiger partial charge in [0.2, 0.25) is 0 Å². The topological polar surface area (TPSA) is 155 Å². The summed E-state index contributed by atoms with van der Waals surface area (Å²) in [5.74, 6) is -1.49. The maximum atomic E-state index is 13.0. The van der Waals surface area contributed by atoms with E-state index in [1.165, 1.54) is 180 Å². The number of esters is 3.